The zero-order valence-corrected chi connectivity index (χ0v) is 11.7. The molecular weight excluding hydrogens is 306 g/mol. The first-order valence-electron chi connectivity index (χ1n) is 5.17. The summed E-state index contributed by atoms with van der Waals surface area (Å²) in [5, 5.41) is 11.3. The zero-order chi connectivity index (χ0) is 13.5. The molecule has 0 heterocycles. The van der Waals surface area contributed by atoms with E-state index in [0.29, 0.717) is 35.6 Å². The fourth-order valence-electron chi connectivity index (χ4n) is 1.38. The summed E-state index contributed by atoms with van der Waals surface area (Å²) in [6, 6.07) is 2.96. The summed E-state index contributed by atoms with van der Waals surface area (Å²) in [4.78, 5) is 10.5. The highest BCUT2D eigenvalue weighted by molar-refractivity contribution is 9.08. The van der Waals surface area contributed by atoms with Gasteiger partial charge in [-0.05, 0) is 6.07 Å². The van der Waals surface area contributed by atoms with E-state index in [4.69, 9.17) is 14.2 Å². The third kappa shape index (κ3) is 3.58. The van der Waals surface area contributed by atoms with E-state index in [1.165, 1.54) is 13.2 Å². The van der Waals surface area contributed by atoms with Crippen LogP contribution in [0, 0.1) is 10.1 Å². The van der Waals surface area contributed by atoms with Gasteiger partial charge in [-0.25, -0.2) is 0 Å². The van der Waals surface area contributed by atoms with E-state index in [1.54, 1.807) is 13.2 Å². The van der Waals surface area contributed by atoms with Gasteiger partial charge in [0.1, 0.15) is 6.61 Å². The lowest BCUT2D eigenvalue weighted by molar-refractivity contribution is -0.385. The minimum Gasteiger partial charge on any atom is -0.493 e. The van der Waals surface area contributed by atoms with Gasteiger partial charge in [-0.15, -0.1) is 0 Å². The molecule has 0 amide bonds. The largest absolute Gasteiger partial charge is 0.493 e. The molecule has 0 unspecified atom stereocenters. The predicted molar refractivity (Wildman–Crippen MR) is 69.7 cm³/mol. The van der Waals surface area contributed by atoms with Crippen molar-refractivity contribution < 1.29 is 19.1 Å². The van der Waals surface area contributed by atoms with Gasteiger partial charge in [0.05, 0.1) is 24.7 Å². The average molecular weight is 320 g/mol. The summed E-state index contributed by atoms with van der Waals surface area (Å²) in [6.45, 7) is 0.703. The standard InChI is InChI=1S/C11H14BrNO5/c1-16-3-4-18-11-6-9(13(14)15)8(7-12)5-10(11)17-2/h5-6H,3-4,7H2,1-2H3. The van der Waals surface area contributed by atoms with Crippen molar-refractivity contribution in [2.75, 3.05) is 27.4 Å². The smallest absolute Gasteiger partial charge is 0.277 e. The van der Waals surface area contributed by atoms with Gasteiger partial charge < -0.3 is 14.2 Å². The highest BCUT2D eigenvalue weighted by atomic mass is 79.9. The molecule has 0 aliphatic carbocycles. The molecule has 7 heteroatoms. The normalized spacial score (nSPS) is 10.2. The Morgan fingerprint density at radius 3 is 2.50 bits per heavy atom. The number of rotatable bonds is 7. The van der Waals surface area contributed by atoms with Crippen molar-refractivity contribution in [3.8, 4) is 11.5 Å². The summed E-state index contributed by atoms with van der Waals surface area (Å²) in [6.07, 6.45) is 0. The van der Waals surface area contributed by atoms with Crippen LogP contribution in [0.2, 0.25) is 0 Å². The van der Waals surface area contributed by atoms with Crippen LogP contribution >= 0.6 is 15.9 Å². The minimum atomic E-state index is -0.445. The molecule has 0 aliphatic rings. The molecule has 18 heavy (non-hydrogen) atoms. The number of nitrogens with zero attached hydrogens (tertiary/aromatic N) is 1. The van der Waals surface area contributed by atoms with Crippen molar-refractivity contribution in [2.24, 2.45) is 0 Å². The fraction of sp³-hybridized carbons (Fsp3) is 0.455. The fourth-order valence-corrected chi connectivity index (χ4v) is 1.82. The van der Waals surface area contributed by atoms with Gasteiger partial charge in [0.25, 0.3) is 5.69 Å². The van der Waals surface area contributed by atoms with Gasteiger partial charge >= 0.3 is 0 Å². The molecule has 1 rings (SSSR count). The summed E-state index contributed by atoms with van der Waals surface area (Å²) in [5.74, 6) is 0.803. The SMILES string of the molecule is COCCOc1cc([N+](=O)[O-])c(CBr)cc1OC. The van der Waals surface area contributed by atoms with E-state index in [9.17, 15) is 10.1 Å². The maximum atomic E-state index is 10.9. The lowest BCUT2D eigenvalue weighted by Crippen LogP contribution is -2.06. The van der Waals surface area contributed by atoms with Crippen molar-refractivity contribution in [3.05, 3.63) is 27.8 Å². The number of hydrogen-bond acceptors (Lipinski definition) is 5. The first-order chi connectivity index (χ1) is 8.63. The van der Waals surface area contributed by atoms with Crippen molar-refractivity contribution >= 4 is 21.6 Å². The van der Waals surface area contributed by atoms with Crippen molar-refractivity contribution in [1.82, 2.24) is 0 Å². The average Bonchev–Trinajstić information content (AvgIpc) is 2.38. The minimum absolute atomic E-state index is 0.0000850. The van der Waals surface area contributed by atoms with Gasteiger partial charge in [0.2, 0.25) is 0 Å². The molecule has 0 saturated heterocycles. The van der Waals surface area contributed by atoms with Crippen molar-refractivity contribution in [3.63, 3.8) is 0 Å². The quantitative estimate of drug-likeness (QED) is 0.334. The number of benzene rings is 1. The summed E-state index contributed by atoms with van der Waals surface area (Å²) < 4.78 is 15.4. The predicted octanol–water partition coefficient (Wildman–Crippen LogP) is 2.52. The molecule has 0 bridgehead atoms. The van der Waals surface area contributed by atoms with Gasteiger partial charge in [0, 0.05) is 18.0 Å². The second-order valence-corrected chi connectivity index (χ2v) is 3.92. The molecule has 0 radical (unpaired) electrons. The lowest BCUT2D eigenvalue weighted by Gasteiger charge is -2.11. The van der Waals surface area contributed by atoms with Crippen LogP contribution in [0.5, 0.6) is 11.5 Å². The Kier molecular flexibility index (Phi) is 5.87. The number of alkyl halides is 1. The molecule has 0 aliphatic heterocycles. The van der Waals surface area contributed by atoms with Crippen LogP contribution in [0.15, 0.2) is 12.1 Å². The first-order valence-corrected chi connectivity index (χ1v) is 6.29. The molecular formula is C11H14BrNO5. The van der Waals surface area contributed by atoms with E-state index < -0.39 is 4.92 Å². The lowest BCUT2D eigenvalue weighted by atomic mass is 10.2. The van der Waals surface area contributed by atoms with E-state index in [1.807, 2.05) is 0 Å². The molecule has 0 atom stereocenters. The van der Waals surface area contributed by atoms with Crippen LogP contribution < -0.4 is 9.47 Å². The number of halogens is 1. The first kappa shape index (κ1) is 14.7. The molecule has 1 aromatic carbocycles. The number of hydrogen-bond donors (Lipinski definition) is 0. The maximum Gasteiger partial charge on any atom is 0.277 e. The van der Waals surface area contributed by atoms with Crippen LogP contribution in [0.4, 0.5) is 5.69 Å². The highest BCUT2D eigenvalue weighted by Crippen LogP contribution is 2.35. The van der Waals surface area contributed by atoms with Crippen LogP contribution in [-0.2, 0) is 10.1 Å². The second kappa shape index (κ2) is 7.17. The van der Waals surface area contributed by atoms with E-state index in [-0.39, 0.29) is 5.69 Å². The zero-order valence-electron chi connectivity index (χ0n) is 10.1. The Morgan fingerprint density at radius 1 is 1.28 bits per heavy atom. The van der Waals surface area contributed by atoms with Gasteiger partial charge in [-0.2, -0.15) is 0 Å². The number of nitro benzene ring substituents is 1. The Morgan fingerprint density at radius 2 is 2.00 bits per heavy atom. The number of ether oxygens (including phenoxy) is 3. The molecule has 6 nitrogen and oxygen atoms in total. The van der Waals surface area contributed by atoms with E-state index in [2.05, 4.69) is 15.9 Å². The molecule has 1 aromatic rings. The van der Waals surface area contributed by atoms with E-state index in [0.717, 1.165) is 0 Å². The molecule has 100 valence electrons. The van der Waals surface area contributed by atoms with E-state index >= 15 is 0 Å². The van der Waals surface area contributed by atoms with Crippen LogP contribution in [0.3, 0.4) is 0 Å². The number of nitro groups is 1. The van der Waals surface area contributed by atoms with Crippen LogP contribution in [0.25, 0.3) is 0 Å². The Labute approximate surface area is 113 Å². The Balaban J connectivity index is 3.07. The third-order valence-electron chi connectivity index (χ3n) is 2.25. The Bertz CT molecular complexity index is 424. The molecule has 0 saturated carbocycles. The van der Waals surface area contributed by atoms with Gasteiger partial charge in [0.15, 0.2) is 11.5 Å². The summed E-state index contributed by atoms with van der Waals surface area (Å²) in [7, 11) is 3.04. The molecule has 0 N–H and O–H groups in total. The third-order valence-corrected chi connectivity index (χ3v) is 2.85. The monoisotopic (exact) mass is 319 g/mol. The van der Waals surface area contributed by atoms with Crippen molar-refractivity contribution in [2.45, 2.75) is 5.33 Å². The second-order valence-electron chi connectivity index (χ2n) is 3.36. The maximum absolute atomic E-state index is 10.9. The van der Waals surface area contributed by atoms with Gasteiger partial charge in [-0.1, -0.05) is 15.9 Å². The Hall–Kier alpha value is -1.34. The van der Waals surface area contributed by atoms with Crippen molar-refractivity contribution in [1.29, 1.82) is 0 Å². The molecule has 0 fully saturated rings. The molecule has 0 aromatic heterocycles. The summed E-state index contributed by atoms with van der Waals surface area (Å²) >= 11 is 3.21. The van der Waals surface area contributed by atoms with Crippen LogP contribution in [0.1, 0.15) is 5.56 Å². The van der Waals surface area contributed by atoms with Gasteiger partial charge in [-0.3, -0.25) is 10.1 Å². The van der Waals surface area contributed by atoms with Crippen LogP contribution in [-0.4, -0.2) is 32.4 Å². The summed E-state index contributed by atoms with van der Waals surface area (Å²) in [5.41, 5.74) is 0.538. The highest BCUT2D eigenvalue weighted by Gasteiger charge is 2.18. The molecule has 0 spiro atoms. The number of methoxy groups -OCH3 is 2. The topological polar surface area (TPSA) is 70.8 Å².